The Kier molecular flexibility index (Phi) is 11.3. The molecule has 0 aromatic carbocycles. The normalized spacial score (nSPS) is 23.7. The van der Waals surface area contributed by atoms with Crippen molar-refractivity contribution in [2.45, 2.75) is 51.0 Å². The van der Waals surface area contributed by atoms with Gasteiger partial charge in [0.25, 0.3) is 5.91 Å². The zero-order chi connectivity index (χ0) is 24.2. The van der Waals surface area contributed by atoms with E-state index in [1.54, 1.807) is 14.0 Å². The number of methoxy groups -OCH3 is 2. The van der Waals surface area contributed by atoms with Crippen LogP contribution in [-0.2, 0) is 28.5 Å². The lowest BCUT2D eigenvalue weighted by molar-refractivity contribution is -0.169. The number of pyridine rings is 1. The van der Waals surface area contributed by atoms with Gasteiger partial charge in [-0.1, -0.05) is 13.3 Å². The van der Waals surface area contributed by atoms with Crippen LogP contribution in [0, 0.1) is 0 Å². The van der Waals surface area contributed by atoms with Gasteiger partial charge in [0, 0.05) is 26.0 Å². The Balaban J connectivity index is 2.13. The Labute approximate surface area is 193 Å². The highest BCUT2D eigenvalue weighted by Gasteiger charge is 2.36. The highest BCUT2D eigenvalue weighted by molar-refractivity contribution is 5.98. The summed E-state index contributed by atoms with van der Waals surface area (Å²) < 4.78 is 33.2. The lowest BCUT2D eigenvalue weighted by atomic mass is 10.1. The molecule has 1 aromatic heterocycles. The molecule has 33 heavy (non-hydrogen) atoms. The first-order valence-electron chi connectivity index (χ1n) is 11.0. The Morgan fingerprint density at radius 3 is 2.73 bits per heavy atom. The molecule has 0 radical (unpaired) electrons. The molecule has 0 spiro atoms. The molecule has 11 nitrogen and oxygen atoms in total. The number of aromatic hydroxyl groups is 1. The van der Waals surface area contributed by atoms with Crippen LogP contribution in [0.4, 0.5) is 0 Å². The van der Waals surface area contributed by atoms with Crippen molar-refractivity contribution in [2.24, 2.45) is 0 Å². The van der Waals surface area contributed by atoms with Gasteiger partial charge in [0.2, 0.25) is 0 Å². The lowest BCUT2D eigenvalue weighted by Gasteiger charge is -2.30. The number of hydrogen-bond acceptors (Lipinski definition) is 10. The zero-order valence-electron chi connectivity index (χ0n) is 19.6. The van der Waals surface area contributed by atoms with Gasteiger partial charge in [-0.15, -0.1) is 0 Å². The molecule has 1 aromatic rings. The largest absolute Gasteiger partial charge is 0.503 e. The molecule has 1 aliphatic heterocycles. The van der Waals surface area contributed by atoms with E-state index in [0.717, 1.165) is 12.8 Å². The zero-order valence-corrected chi connectivity index (χ0v) is 19.6. The molecule has 2 unspecified atom stereocenters. The second kappa shape index (κ2) is 13.9. The van der Waals surface area contributed by atoms with E-state index in [4.69, 9.17) is 28.4 Å². The monoisotopic (exact) mass is 470 g/mol. The summed E-state index contributed by atoms with van der Waals surface area (Å²) in [7, 11) is 2.92. The van der Waals surface area contributed by atoms with E-state index in [-0.39, 0.29) is 31.3 Å². The number of nitrogens with zero attached hydrogens (tertiary/aromatic N) is 1. The van der Waals surface area contributed by atoms with Gasteiger partial charge in [0.05, 0.1) is 33.5 Å². The Bertz CT molecular complexity index is 761. The van der Waals surface area contributed by atoms with Crippen LogP contribution in [0.1, 0.15) is 37.2 Å². The van der Waals surface area contributed by atoms with Crippen molar-refractivity contribution in [3.8, 4) is 11.5 Å². The summed E-state index contributed by atoms with van der Waals surface area (Å²) >= 11 is 0. The van der Waals surface area contributed by atoms with Crippen LogP contribution in [0.15, 0.2) is 12.3 Å². The molecule has 11 heteroatoms. The van der Waals surface area contributed by atoms with Crippen molar-refractivity contribution in [3.05, 3.63) is 18.0 Å². The SMILES string of the molecule is CCCCOC1COCC(NC(=O)c2nccc(OC)c2O)C(=O)O[C@@H](C)[C@@H]1OCCOC. The topological polar surface area (TPSA) is 135 Å². The fourth-order valence-corrected chi connectivity index (χ4v) is 3.23. The summed E-state index contributed by atoms with van der Waals surface area (Å²) in [6.07, 6.45) is 1.41. The van der Waals surface area contributed by atoms with Crippen LogP contribution in [0.25, 0.3) is 0 Å². The third-order valence-electron chi connectivity index (χ3n) is 5.04. The van der Waals surface area contributed by atoms with E-state index in [9.17, 15) is 14.7 Å². The maximum atomic E-state index is 12.8. The van der Waals surface area contributed by atoms with Gasteiger partial charge < -0.3 is 38.8 Å². The second-order valence-electron chi connectivity index (χ2n) is 7.51. The number of carbonyl (C=O) groups is 2. The molecule has 186 valence electrons. The first-order valence-corrected chi connectivity index (χ1v) is 11.0. The summed E-state index contributed by atoms with van der Waals surface area (Å²) in [6, 6.07) is 0.287. The highest BCUT2D eigenvalue weighted by atomic mass is 16.6. The summed E-state index contributed by atoms with van der Waals surface area (Å²) in [5.74, 6) is -1.82. The summed E-state index contributed by atoms with van der Waals surface area (Å²) in [6.45, 7) is 4.91. The molecule has 1 amide bonds. The number of esters is 1. The number of hydrogen-bond donors (Lipinski definition) is 2. The van der Waals surface area contributed by atoms with E-state index < -0.39 is 42.0 Å². The molecule has 0 aliphatic carbocycles. The standard InChI is InChI=1S/C22H34N2O9/c1-5-6-9-31-17-13-30-12-15(22(27)33-14(2)20(17)32-11-10-28-3)24-21(26)18-19(25)16(29-4)7-8-23-18/h7-8,14-15,17,20,25H,5-6,9-13H2,1-4H3,(H,24,26)/t14-,15?,17?,20-/m0/s1. The van der Waals surface area contributed by atoms with Gasteiger partial charge in [0.15, 0.2) is 23.2 Å². The van der Waals surface area contributed by atoms with Crippen molar-refractivity contribution in [1.82, 2.24) is 10.3 Å². The van der Waals surface area contributed by atoms with Crippen molar-refractivity contribution >= 4 is 11.9 Å². The molecule has 4 atom stereocenters. The minimum absolute atomic E-state index is 0.0835. The van der Waals surface area contributed by atoms with Crippen LogP contribution in [0.5, 0.6) is 11.5 Å². The van der Waals surface area contributed by atoms with Crippen molar-refractivity contribution < 1.29 is 43.1 Å². The number of nitrogens with one attached hydrogen (secondary N) is 1. The van der Waals surface area contributed by atoms with Gasteiger partial charge in [-0.3, -0.25) is 4.79 Å². The molecule has 1 fully saturated rings. The van der Waals surface area contributed by atoms with Crippen molar-refractivity contribution in [3.63, 3.8) is 0 Å². The molecule has 1 aliphatic rings. The van der Waals surface area contributed by atoms with E-state index in [0.29, 0.717) is 13.2 Å². The number of cyclic esters (lactones) is 1. The lowest BCUT2D eigenvalue weighted by Crippen LogP contribution is -2.47. The number of unbranched alkanes of at least 4 members (excludes halogenated alkanes) is 1. The Morgan fingerprint density at radius 1 is 1.24 bits per heavy atom. The fourth-order valence-electron chi connectivity index (χ4n) is 3.23. The fraction of sp³-hybridized carbons (Fsp3) is 0.682. The molecular weight excluding hydrogens is 436 g/mol. The Morgan fingerprint density at radius 2 is 2.03 bits per heavy atom. The number of aromatic nitrogens is 1. The average Bonchev–Trinajstić information content (AvgIpc) is 2.84. The molecule has 2 rings (SSSR count). The van der Waals surface area contributed by atoms with Gasteiger partial charge in [-0.25, -0.2) is 9.78 Å². The first-order chi connectivity index (χ1) is 15.9. The average molecular weight is 471 g/mol. The van der Waals surface area contributed by atoms with Crippen molar-refractivity contribution in [2.75, 3.05) is 47.3 Å². The Hall–Kier alpha value is -2.47. The maximum Gasteiger partial charge on any atom is 0.331 e. The number of carbonyl (C=O) groups excluding carboxylic acids is 2. The molecule has 0 saturated carbocycles. The third-order valence-corrected chi connectivity index (χ3v) is 5.04. The minimum Gasteiger partial charge on any atom is -0.503 e. The predicted molar refractivity (Wildman–Crippen MR) is 116 cm³/mol. The van der Waals surface area contributed by atoms with Crippen LogP contribution >= 0.6 is 0 Å². The maximum absolute atomic E-state index is 12.8. The molecular formula is C22H34N2O9. The molecule has 0 bridgehead atoms. The summed E-state index contributed by atoms with van der Waals surface area (Å²) in [4.78, 5) is 29.4. The minimum atomic E-state index is -1.12. The first kappa shape index (κ1) is 26.8. The number of ether oxygens (including phenoxy) is 6. The van der Waals surface area contributed by atoms with Gasteiger partial charge in [-0.2, -0.15) is 0 Å². The number of amides is 1. The van der Waals surface area contributed by atoms with Crippen LogP contribution < -0.4 is 10.1 Å². The molecule has 2 N–H and O–H groups in total. The molecule has 2 heterocycles. The van der Waals surface area contributed by atoms with Crippen LogP contribution in [-0.4, -0.2) is 93.6 Å². The number of rotatable bonds is 11. The van der Waals surface area contributed by atoms with E-state index >= 15 is 0 Å². The summed E-state index contributed by atoms with van der Waals surface area (Å²) in [5, 5.41) is 12.7. The van der Waals surface area contributed by atoms with Gasteiger partial charge >= 0.3 is 5.97 Å². The van der Waals surface area contributed by atoms with Crippen LogP contribution in [0.3, 0.4) is 0 Å². The van der Waals surface area contributed by atoms with Gasteiger partial charge in [0.1, 0.15) is 18.3 Å². The predicted octanol–water partition coefficient (Wildman–Crippen LogP) is 1.07. The quantitative estimate of drug-likeness (QED) is 0.357. The van der Waals surface area contributed by atoms with E-state index in [2.05, 4.69) is 17.2 Å². The smallest absolute Gasteiger partial charge is 0.331 e. The summed E-state index contributed by atoms with van der Waals surface area (Å²) in [5.41, 5.74) is -0.281. The van der Waals surface area contributed by atoms with E-state index in [1.807, 2.05) is 0 Å². The molecule has 1 saturated heterocycles. The van der Waals surface area contributed by atoms with Crippen molar-refractivity contribution in [1.29, 1.82) is 0 Å². The van der Waals surface area contributed by atoms with E-state index in [1.165, 1.54) is 19.4 Å². The second-order valence-corrected chi connectivity index (χ2v) is 7.51. The highest BCUT2D eigenvalue weighted by Crippen LogP contribution is 2.27. The van der Waals surface area contributed by atoms with Crippen LogP contribution in [0.2, 0.25) is 0 Å². The third kappa shape index (κ3) is 7.81. The van der Waals surface area contributed by atoms with Gasteiger partial charge in [-0.05, 0) is 13.3 Å².